The van der Waals surface area contributed by atoms with Crippen LogP contribution in [0.5, 0.6) is 0 Å². The fourth-order valence-electron chi connectivity index (χ4n) is 5.19. The Bertz CT molecular complexity index is 424. The molecule has 0 aromatic heterocycles. The van der Waals surface area contributed by atoms with Gasteiger partial charge in [0.25, 0.3) is 5.92 Å². The van der Waals surface area contributed by atoms with E-state index in [-0.39, 0.29) is 12.5 Å². The van der Waals surface area contributed by atoms with Crippen molar-refractivity contribution in [2.75, 3.05) is 26.2 Å². The van der Waals surface area contributed by atoms with E-state index in [0.29, 0.717) is 30.3 Å². The van der Waals surface area contributed by atoms with E-state index in [1.807, 2.05) is 0 Å². The molecular formula is C21H38F2N2. The average molecular weight is 357 g/mol. The number of likely N-dealkylation sites (tertiary alicyclic amines) is 2. The maximum Gasteiger partial charge on any atom is 0.263 e. The quantitative estimate of drug-likeness (QED) is 0.692. The molecule has 0 N–H and O–H groups in total. The first kappa shape index (κ1) is 19.5. The number of rotatable bonds is 5. The Morgan fingerprint density at radius 1 is 0.960 bits per heavy atom. The summed E-state index contributed by atoms with van der Waals surface area (Å²) < 4.78 is 29.6. The standard InChI is InChI=1S/C21H38F2N2/c1-15(2)18-12-20(13-18)25-10-7-19(21(22,23)14-25)11-17-5-8-24(9-6-17)16(3)4/h15-20H,5-14H2,1-4H3. The van der Waals surface area contributed by atoms with E-state index in [0.717, 1.165) is 57.7 Å². The van der Waals surface area contributed by atoms with Gasteiger partial charge in [-0.2, -0.15) is 0 Å². The molecule has 0 spiro atoms. The van der Waals surface area contributed by atoms with Crippen LogP contribution in [0.1, 0.15) is 66.2 Å². The Kier molecular flexibility index (Phi) is 6.09. The van der Waals surface area contributed by atoms with Crippen molar-refractivity contribution in [1.29, 1.82) is 0 Å². The highest BCUT2D eigenvalue weighted by Crippen LogP contribution is 2.43. The highest BCUT2D eigenvalue weighted by Gasteiger charge is 2.48. The van der Waals surface area contributed by atoms with E-state index >= 15 is 0 Å². The Labute approximate surface area is 153 Å². The van der Waals surface area contributed by atoms with Crippen LogP contribution in [0.25, 0.3) is 0 Å². The minimum absolute atomic E-state index is 0.0119. The monoisotopic (exact) mass is 356 g/mol. The number of hydrogen-bond donors (Lipinski definition) is 0. The van der Waals surface area contributed by atoms with Gasteiger partial charge in [-0.25, -0.2) is 8.78 Å². The van der Waals surface area contributed by atoms with E-state index in [4.69, 9.17) is 0 Å². The SMILES string of the molecule is CC(C)C1CC(N2CCC(CC3CCN(C(C)C)CC3)C(F)(F)C2)C1. The molecule has 2 saturated heterocycles. The van der Waals surface area contributed by atoms with Crippen molar-refractivity contribution >= 4 is 0 Å². The minimum Gasteiger partial charge on any atom is -0.301 e. The molecule has 0 bridgehead atoms. The zero-order chi connectivity index (χ0) is 18.2. The van der Waals surface area contributed by atoms with E-state index in [1.54, 1.807) is 0 Å². The topological polar surface area (TPSA) is 6.48 Å². The molecule has 2 heterocycles. The van der Waals surface area contributed by atoms with E-state index in [1.165, 1.54) is 0 Å². The fourth-order valence-corrected chi connectivity index (χ4v) is 5.19. The number of piperidine rings is 2. The third kappa shape index (κ3) is 4.55. The zero-order valence-electron chi connectivity index (χ0n) is 16.7. The summed E-state index contributed by atoms with van der Waals surface area (Å²) >= 11 is 0. The van der Waals surface area contributed by atoms with Crippen LogP contribution in [0.15, 0.2) is 0 Å². The van der Waals surface area contributed by atoms with Gasteiger partial charge >= 0.3 is 0 Å². The normalized spacial score (nSPS) is 35.3. The van der Waals surface area contributed by atoms with Crippen LogP contribution in [0.4, 0.5) is 8.78 Å². The second-order valence-corrected chi connectivity index (χ2v) is 9.66. The van der Waals surface area contributed by atoms with Crippen molar-refractivity contribution in [2.45, 2.75) is 84.2 Å². The highest BCUT2D eigenvalue weighted by atomic mass is 19.3. The molecule has 0 aromatic carbocycles. The minimum atomic E-state index is -2.49. The van der Waals surface area contributed by atoms with E-state index < -0.39 is 5.92 Å². The molecular weight excluding hydrogens is 318 g/mol. The number of alkyl halides is 2. The Balaban J connectivity index is 1.46. The molecule has 2 nitrogen and oxygen atoms in total. The molecule has 1 unspecified atom stereocenters. The van der Waals surface area contributed by atoms with Crippen molar-refractivity contribution in [3.05, 3.63) is 0 Å². The predicted octanol–water partition coefficient (Wildman–Crippen LogP) is 4.89. The Morgan fingerprint density at radius 3 is 2.12 bits per heavy atom. The molecule has 3 fully saturated rings. The molecule has 1 aliphatic carbocycles. The molecule has 25 heavy (non-hydrogen) atoms. The number of hydrogen-bond acceptors (Lipinski definition) is 2. The van der Waals surface area contributed by atoms with Crippen LogP contribution in [0.3, 0.4) is 0 Å². The smallest absolute Gasteiger partial charge is 0.263 e. The second-order valence-electron chi connectivity index (χ2n) is 9.66. The third-order valence-electron chi connectivity index (χ3n) is 7.38. The average Bonchev–Trinajstić information content (AvgIpc) is 2.48. The van der Waals surface area contributed by atoms with Crippen LogP contribution < -0.4 is 0 Å². The first-order valence-corrected chi connectivity index (χ1v) is 10.6. The van der Waals surface area contributed by atoms with Crippen LogP contribution in [0.2, 0.25) is 0 Å². The van der Waals surface area contributed by atoms with E-state index in [9.17, 15) is 8.78 Å². The lowest BCUT2D eigenvalue weighted by Crippen LogP contribution is -2.56. The molecule has 146 valence electrons. The summed E-state index contributed by atoms with van der Waals surface area (Å²) in [6, 6.07) is 1.01. The Hall–Kier alpha value is -0.220. The van der Waals surface area contributed by atoms with Gasteiger partial charge < -0.3 is 4.90 Å². The maximum atomic E-state index is 14.8. The molecule has 4 heteroatoms. The highest BCUT2D eigenvalue weighted by molar-refractivity contribution is 4.95. The molecule has 3 aliphatic rings. The lowest BCUT2D eigenvalue weighted by Gasteiger charge is -2.49. The summed E-state index contributed by atoms with van der Waals surface area (Å²) in [6.07, 6.45) is 5.91. The van der Waals surface area contributed by atoms with Gasteiger partial charge in [0.2, 0.25) is 0 Å². The van der Waals surface area contributed by atoms with Gasteiger partial charge in [0.1, 0.15) is 0 Å². The first-order valence-electron chi connectivity index (χ1n) is 10.6. The first-order chi connectivity index (χ1) is 11.8. The number of halogens is 2. The fraction of sp³-hybridized carbons (Fsp3) is 1.00. The van der Waals surface area contributed by atoms with Crippen LogP contribution in [-0.4, -0.2) is 54.0 Å². The van der Waals surface area contributed by atoms with Gasteiger partial charge in [-0.3, -0.25) is 4.90 Å². The van der Waals surface area contributed by atoms with Crippen molar-refractivity contribution in [2.24, 2.45) is 23.7 Å². The summed E-state index contributed by atoms with van der Waals surface area (Å²) in [5.74, 6) is -0.920. The summed E-state index contributed by atoms with van der Waals surface area (Å²) in [7, 11) is 0. The van der Waals surface area contributed by atoms with Crippen LogP contribution >= 0.6 is 0 Å². The lowest BCUT2D eigenvalue weighted by molar-refractivity contribution is -0.138. The van der Waals surface area contributed by atoms with Crippen LogP contribution in [0, 0.1) is 23.7 Å². The lowest BCUT2D eigenvalue weighted by atomic mass is 9.72. The van der Waals surface area contributed by atoms with Gasteiger partial charge in [-0.05, 0) is 89.8 Å². The molecule has 1 atom stereocenters. The van der Waals surface area contributed by atoms with Crippen LogP contribution in [-0.2, 0) is 0 Å². The van der Waals surface area contributed by atoms with Crippen molar-refractivity contribution in [1.82, 2.24) is 9.80 Å². The van der Waals surface area contributed by atoms with Gasteiger partial charge in [0, 0.05) is 18.0 Å². The summed E-state index contributed by atoms with van der Waals surface area (Å²) in [4.78, 5) is 4.59. The Morgan fingerprint density at radius 2 is 1.60 bits per heavy atom. The summed E-state index contributed by atoms with van der Waals surface area (Å²) in [6.45, 7) is 12.1. The molecule has 1 saturated carbocycles. The van der Waals surface area contributed by atoms with Crippen molar-refractivity contribution in [3.8, 4) is 0 Å². The summed E-state index contributed by atoms with van der Waals surface area (Å²) in [5, 5.41) is 0. The third-order valence-corrected chi connectivity index (χ3v) is 7.38. The van der Waals surface area contributed by atoms with Gasteiger partial charge in [-0.15, -0.1) is 0 Å². The second kappa shape index (κ2) is 7.80. The zero-order valence-corrected chi connectivity index (χ0v) is 16.7. The van der Waals surface area contributed by atoms with Gasteiger partial charge in [-0.1, -0.05) is 13.8 Å². The van der Waals surface area contributed by atoms with Crippen molar-refractivity contribution < 1.29 is 8.78 Å². The van der Waals surface area contributed by atoms with Gasteiger partial charge in [0.05, 0.1) is 6.54 Å². The van der Waals surface area contributed by atoms with E-state index in [2.05, 4.69) is 37.5 Å². The summed E-state index contributed by atoms with van der Waals surface area (Å²) in [5.41, 5.74) is 0. The molecule has 0 radical (unpaired) electrons. The van der Waals surface area contributed by atoms with Gasteiger partial charge in [0.15, 0.2) is 0 Å². The van der Waals surface area contributed by atoms with Crippen molar-refractivity contribution in [3.63, 3.8) is 0 Å². The molecule has 0 amide bonds. The maximum absolute atomic E-state index is 14.8. The number of nitrogens with zero attached hydrogens (tertiary/aromatic N) is 2. The molecule has 0 aromatic rings. The molecule has 2 aliphatic heterocycles. The largest absolute Gasteiger partial charge is 0.301 e. The molecule has 3 rings (SSSR count). The predicted molar refractivity (Wildman–Crippen MR) is 100 cm³/mol.